The second-order valence-corrected chi connectivity index (χ2v) is 7.50. The van der Waals surface area contributed by atoms with Crippen molar-refractivity contribution in [3.05, 3.63) is 23.5 Å². The Morgan fingerprint density at radius 1 is 0.765 bits per heavy atom. The van der Waals surface area contributed by atoms with Crippen LogP contribution in [0.4, 0.5) is 26.3 Å². The van der Waals surface area contributed by atoms with Crippen molar-refractivity contribution >= 4 is 24.4 Å². The number of carboxylic acids is 2. The molecule has 0 bridgehead atoms. The maximum Gasteiger partial charge on any atom is 0.430 e. The highest BCUT2D eigenvalue weighted by molar-refractivity contribution is 5.71. The number of carbonyl (C=O) groups excluding carboxylic acids is 2. The minimum Gasteiger partial charge on any atom is -0.542 e. The summed E-state index contributed by atoms with van der Waals surface area (Å²) in [5.41, 5.74) is 2.87. The Morgan fingerprint density at radius 3 is 1.35 bits per heavy atom. The highest BCUT2D eigenvalue weighted by Crippen LogP contribution is 2.18. The second kappa shape index (κ2) is 13.6. The average molecular weight is 500 g/mol. The van der Waals surface area contributed by atoms with Crippen molar-refractivity contribution < 1.29 is 56.1 Å². The third-order valence-electron chi connectivity index (χ3n) is 4.95. The van der Waals surface area contributed by atoms with Crippen molar-refractivity contribution in [2.24, 2.45) is 11.8 Å². The highest BCUT2D eigenvalue weighted by Gasteiger charge is 2.29. The van der Waals surface area contributed by atoms with Gasteiger partial charge in [0.05, 0.1) is 11.8 Å². The number of hydrogen-bond donors (Lipinski definition) is 4. The van der Waals surface area contributed by atoms with Gasteiger partial charge in [-0.2, -0.15) is 26.3 Å². The van der Waals surface area contributed by atoms with Gasteiger partial charge in [-0.05, 0) is 25.7 Å². The first kappa shape index (κ1) is 29.0. The maximum absolute atomic E-state index is 10.5. The first-order chi connectivity index (χ1) is 15.8. The monoisotopic (exact) mass is 500 g/mol. The molecule has 0 aromatic heterocycles. The van der Waals surface area contributed by atoms with Crippen LogP contribution in [0.1, 0.15) is 25.7 Å². The van der Waals surface area contributed by atoms with Crippen molar-refractivity contribution in [1.29, 1.82) is 0 Å². The summed E-state index contributed by atoms with van der Waals surface area (Å²) in [4.78, 5) is 24.1. The van der Waals surface area contributed by atoms with Crippen molar-refractivity contribution in [3.63, 3.8) is 0 Å². The minimum absolute atomic E-state index is 0.763. The van der Waals surface area contributed by atoms with E-state index >= 15 is 0 Å². The number of halogens is 6. The van der Waals surface area contributed by atoms with Crippen LogP contribution in [0.3, 0.4) is 0 Å². The molecule has 14 heteroatoms. The molecular weight excluding hydrogens is 474 g/mol. The Labute approximate surface area is 191 Å². The maximum atomic E-state index is 10.5. The van der Waals surface area contributed by atoms with E-state index in [1.54, 1.807) is 0 Å². The molecule has 4 N–H and O–H groups in total. The van der Waals surface area contributed by atoms with Gasteiger partial charge in [-0.1, -0.05) is 0 Å². The number of carboxylic acid groups (broad SMARTS) is 2. The fraction of sp³-hybridized carbons (Fsp3) is 0.600. The zero-order valence-corrected chi connectivity index (χ0v) is 18.0. The summed E-state index contributed by atoms with van der Waals surface area (Å²) in [7, 11) is 0. The molecule has 4 aliphatic heterocycles. The molecule has 0 spiro atoms. The van der Waals surface area contributed by atoms with Crippen LogP contribution < -0.4 is 30.8 Å². The lowest BCUT2D eigenvalue weighted by atomic mass is 9.94. The van der Waals surface area contributed by atoms with Gasteiger partial charge in [-0.15, -0.1) is 0 Å². The molecule has 192 valence electrons. The van der Waals surface area contributed by atoms with Gasteiger partial charge in [0.15, 0.2) is 12.4 Å². The molecule has 4 heterocycles. The summed E-state index contributed by atoms with van der Waals surface area (Å²) >= 11 is 0. The quantitative estimate of drug-likeness (QED) is 0.257. The van der Waals surface area contributed by atoms with Crippen LogP contribution >= 0.6 is 0 Å². The average Bonchev–Trinajstić information content (AvgIpc) is 2.79. The van der Waals surface area contributed by atoms with Gasteiger partial charge in [0.1, 0.15) is 25.0 Å². The standard InChI is InChI=1S/2C8H12N2.2C2HF3O2/c2*1-2-7-6-9-5-3-8(7)10-4-1;2*3-2(4,5)1(6)7/h2*3,5,7,10H,1-2,4,6H2;2*(H,6,7). The molecule has 8 nitrogen and oxygen atoms in total. The first-order valence-corrected chi connectivity index (χ1v) is 10.4. The second-order valence-electron chi connectivity index (χ2n) is 7.50. The molecule has 2 saturated heterocycles. The number of nitrogens with one attached hydrogen (secondary N) is 4. The van der Waals surface area contributed by atoms with Crippen LogP contribution in [-0.4, -0.2) is 62.9 Å². The van der Waals surface area contributed by atoms with Gasteiger partial charge in [0.2, 0.25) is 0 Å². The van der Waals surface area contributed by atoms with Crippen LogP contribution in [0.5, 0.6) is 0 Å². The number of piperidine rings is 2. The van der Waals surface area contributed by atoms with E-state index in [2.05, 4.69) is 32.8 Å². The van der Waals surface area contributed by atoms with E-state index in [9.17, 15) is 26.3 Å². The third-order valence-corrected chi connectivity index (χ3v) is 4.95. The summed E-state index contributed by atoms with van der Waals surface area (Å²) in [5, 5.41) is 24.4. The third kappa shape index (κ3) is 11.2. The van der Waals surface area contributed by atoms with E-state index in [0.29, 0.717) is 0 Å². The fourth-order valence-corrected chi connectivity index (χ4v) is 3.29. The SMILES string of the molecule is C1=[NH+]CC2CCCNC2=C1.C1=[NH+]CC2CCCNC2=C1.O=C([O-])C(F)(F)F.O=C([O-])C(F)(F)F. The number of alkyl halides is 6. The van der Waals surface area contributed by atoms with Gasteiger partial charge < -0.3 is 30.4 Å². The molecule has 0 radical (unpaired) electrons. The van der Waals surface area contributed by atoms with Gasteiger partial charge >= 0.3 is 12.4 Å². The van der Waals surface area contributed by atoms with E-state index in [1.165, 1.54) is 37.1 Å². The number of hydrogen-bond acceptors (Lipinski definition) is 6. The van der Waals surface area contributed by atoms with E-state index in [0.717, 1.165) is 38.0 Å². The van der Waals surface area contributed by atoms with Gasteiger partial charge in [0, 0.05) is 36.6 Å². The van der Waals surface area contributed by atoms with Crippen LogP contribution in [-0.2, 0) is 9.59 Å². The zero-order chi connectivity index (χ0) is 25.8. The van der Waals surface area contributed by atoms with Gasteiger partial charge in [-0.25, -0.2) is 9.98 Å². The summed E-state index contributed by atoms with van der Waals surface area (Å²) in [6.07, 6.45) is 3.33. The molecule has 2 atom stereocenters. The molecule has 2 unspecified atom stereocenters. The molecule has 34 heavy (non-hydrogen) atoms. The number of rotatable bonds is 0. The van der Waals surface area contributed by atoms with Crippen LogP contribution in [0, 0.1) is 11.8 Å². The lowest BCUT2D eigenvalue weighted by Gasteiger charge is -2.24. The molecule has 0 aromatic carbocycles. The molecule has 0 amide bonds. The fourth-order valence-electron chi connectivity index (χ4n) is 3.29. The molecular formula is C20H26F6N4O4. The highest BCUT2D eigenvalue weighted by atomic mass is 19.4. The molecule has 0 saturated carbocycles. The lowest BCUT2D eigenvalue weighted by Crippen LogP contribution is -2.73. The number of aliphatic carboxylic acids is 2. The Bertz CT molecular complexity index is 740. The normalized spacial score (nSPS) is 22.5. The molecule has 0 aromatic rings. The summed E-state index contributed by atoms with van der Waals surface area (Å²) in [6, 6.07) is 0. The Hall–Kier alpha value is -3.06. The predicted octanol–water partition coefficient (Wildman–Crippen LogP) is -3.33. The topological polar surface area (TPSA) is 132 Å². The molecule has 4 rings (SSSR count). The predicted molar refractivity (Wildman–Crippen MR) is 104 cm³/mol. The molecule has 2 fully saturated rings. The van der Waals surface area contributed by atoms with E-state index in [-0.39, 0.29) is 0 Å². The van der Waals surface area contributed by atoms with Crippen molar-refractivity contribution in [2.75, 3.05) is 26.2 Å². The Kier molecular flexibility index (Phi) is 11.6. The number of allylic oxidation sites excluding steroid dienone is 2. The lowest BCUT2D eigenvalue weighted by molar-refractivity contribution is -0.461. The van der Waals surface area contributed by atoms with Crippen molar-refractivity contribution in [3.8, 4) is 0 Å². The van der Waals surface area contributed by atoms with Crippen molar-refractivity contribution in [1.82, 2.24) is 10.6 Å². The smallest absolute Gasteiger partial charge is 0.430 e. The van der Waals surface area contributed by atoms with Crippen LogP contribution in [0.15, 0.2) is 23.5 Å². The summed E-state index contributed by atoms with van der Waals surface area (Å²) < 4.78 is 63.1. The largest absolute Gasteiger partial charge is 0.542 e. The van der Waals surface area contributed by atoms with E-state index in [4.69, 9.17) is 19.8 Å². The van der Waals surface area contributed by atoms with Crippen LogP contribution in [0.25, 0.3) is 0 Å². The first-order valence-electron chi connectivity index (χ1n) is 10.4. The minimum atomic E-state index is -5.19. The number of fused-ring (bicyclic) bond motifs is 2. The molecule has 0 aliphatic carbocycles. The Morgan fingerprint density at radius 2 is 1.09 bits per heavy atom. The number of carbonyl (C=O) groups is 2. The van der Waals surface area contributed by atoms with E-state index in [1.807, 2.05) is 12.4 Å². The van der Waals surface area contributed by atoms with Crippen LogP contribution in [0.2, 0.25) is 0 Å². The Balaban J connectivity index is 0.000000231. The molecule has 4 aliphatic rings. The zero-order valence-electron chi connectivity index (χ0n) is 18.0. The summed E-state index contributed by atoms with van der Waals surface area (Å²) in [6.45, 7) is 4.57. The van der Waals surface area contributed by atoms with Crippen molar-refractivity contribution in [2.45, 2.75) is 38.0 Å². The van der Waals surface area contributed by atoms with Gasteiger partial charge in [0.25, 0.3) is 0 Å². The van der Waals surface area contributed by atoms with E-state index < -0.39 is 24.3 Å². The van der Waals surface area contributed by atoms with Gasteiger partial charge in [-0.3, -0.25) is 0 Å². The summed E-state index contributed by atoms with van der Waals surface area (Å²) in [5.74, 6) is -4.49.